The first-order chi connectivity index (χ1) is 6.95. The topological polar surface area (TPSA) is 124 Å². The Morgan fingerprint density at radius 2 is 1.81 bits per heavy atom. The van der Waals surface area contributed by atoms with Gasteiger partial charge in [-0.2, -0.15) is 0 Å². The molecule has 0 spiro atoms. The summed E-state index contributed by atoms with van der Waals surface area (Å²) in [4.78, 5) is 29.4. The van der Waals surface area contributed by atoms with Crippen molar-refractivity contribution in [1.29, 1.82) is 0 Å². The van der Waals surface area contributed by atoms with Crippen molar-refractivity contribution in [2.45, 2.75) is 0 Å². The van der Waals surface area contributed by atoms with Crippen LogP contribution in [0.15, 0.2) is 18.2 Å². The van der Waals surface area contributed by atoms with Crippen molar-refractivity contribution < 1.29 is 50.7 Å². The predicted octanol–water partition coefficient (Wildman–Crippen LogP) is -1.68. The van der Waals surface area contributed by atoms with Crippen molar-refractivity contribution in [2.75, 3.05) is 0 Å². The Morgan fingerprint density at radius 3 is 2.19 bits per heavy atom. The van der Waals surface area contributed by atoms with Crippen LogP contribution in [0.25, 0.3) is 0 Å². The van der Waals surface area contributed by atoms with E-state index in [0.717, 1.165) is 18.2 Å². The zero-order valence-electron chi connectivity index (χ0n) is 9.11. The predicted molar refractivity (Wildman–Crippen MR) is 47.8 cm³/mol. The molecule has 0 aliphatic rings. The Bertz CT molecular complexity index is 433. The SMILES string of the molecule is O=C(O)c1cccc([N+](=O)[O-])c1[N+](=O)[O-].[H-].[Na+]. The molecule has 80 valence electrons. The normalized spacial score (nSPS) is 9.00. The zero-order valence-corrected chi connectivity index (χ0v) is 10.1. The van der Waals surface area contributed by atoms with Crippen LogP contribution in [-0.2, 0) is 0 Å². The van der Waals surface area contributed by atoms with E-state index in [1.165, 1.54) is 0 Å². The molecule has 1 N–H and O–H groups in total. The third-order valence-electron chi connectivity index (χ3n) is 1.62. The summed E-state index contributed by atoms with van der Waals surface area (Å²) < 4.78 is 0. The van der Waals surface area contributed by atoms with E-state index in [4.69, 9.17) is 5.11 Å². The second-order valence-corrected chi connectivity index (χ2v) is 2.49. The van der Waals surface area contributed by atoms with Crippen molar-refractivity contribution in [3.8, 4) is 0 Å². The summed E-state index contributed by atoms with van der Waals surface area (Å²) in [6.07, 6.45) is 0. The van der Waals surface area contributed by atoms with Gasteiger partial charge in [0.05, 0.1) is 9.85 Å². The molecule has 1 rings (SSSR count). The first-order valence-electron chi connectivity index (χ1n) is 3.60. The van der Waals surface area contributed by atoms with Crippen molar-refractivity contribution in [3.05, 3.63) is 44.0 Å². The van der Waals surface area contributed by atoms with Gasteiger partial charge in [-0.05, 0) is 6.07 Å². The van der Waals surface area contributed by atoms with Gasteiger partial charge in [0, 0.05) is 6.07 Å². The summed E-state index contributed by atoms with van der Waals surface area (Å²) in [5, 5.41) is 29.5. The van der Waals surface area contributed by atoms with Gasteiger partial charge in [-0.3, -0.25) is 20.2 Å². The fraction of sp³-hybridized carbons (Fsp3) is 0. The van der Waals surface area contributed by atoms with E-state index in [1.54, 1.807) is 0 Å². The third kappa shape index (κ3) is 2.75. The van der Waals surface area contributed by atoms with Gasteiger partial charge in [0.15, 0.2) is 0 Å². The molecular weight excluding hydrogens is 231 g/mol. The second kappa shape index (κ2) is 5.54. The number of nitro benzene ring substituents is 2. The van der Waals surface area contributed by atoms with Crippen molar-refractivity contribution in [2.24, 2.45) is 0 Å². The van der Waals surface area contributed by atoms with Crippen LogP contribution in [0.5, 0.6) is 0 Å². The fourth-order valence-electron chi connectivity index (χ4n) is 1.04. The van der Waals surface area contributed by atoms with Crippen molar-refractivity contribution in [3.63, 3.8) is 0 Å². The summed E-state index contributed by atoms with van der Waals surface area (Å²) in [5.74, 6) is -1.58. The largest absolute Gasteiger partial charge is 1.00 e. The maximum atomic E-state index is 10.6. The Balaban J connectivity index is 0. The van der Waals surface area contributed by atoms with E-state index in [0.29, 0.717) is 0 Å². The Hall–Kier alpha value is -1.51. The Labute approximate surface area is 112 Å². The number of nitrogens with zero attached hydrogens (tertiary/aromatic N) is 2. The third-order valence-corrected chi connectivity index (χ3v) is 1.62. The molecule has 8 nitrogen and oxygen atoms in total. The summed E-state index contributed by atoms with van der Waals surface area (Å²) >= 11 is 0. The van der Waals surface area contributed by atoms with Crippen LogP contribution in [-0.4, -0.2) is 20.9 Å². The number of para-hydroxylation sites is 1. The minimum absolute atomic E-state index is 0. The Kier molecular flexibility index (Phi) is 5.02. The summed E-state index contributed by atoms with van der Waals surface area (Å²) in [5.41, 5.74) is -2.54. The van der Waals surface area contributed by atoms with Crippen molar-refractivity contribution in [1.82, 2.24) is 0 Å². The molecule has 0 aliphatic heterocycles. The number of hydrogen-bond donors (Lipinski definition) is 1. The van der Waals surface area contributed by atoms with Crippen LogP contribution in [0.2, 0.25) is 0 Å². The van der Waals surface area contributed by atoms with Crippen LogP contribution in [0.4, 0.5) is 11.4 Å². The van der Waals surface area contributed by atoms with E-state index in [-0.39, 0.29) is 31.0 Å². The van der Waals surface area contributed by atoms with Gasteiger partial charge in [0.2, 0.25) is 0 Å². The number of aromatic carboxylic acids is 1. The molecule has 0 atom stereocenters. The van der Waals surface area contributed by atoms with Crippen molar-refractivity contribution >= 4 is 17.3 Å². The molecule has 0 radical (unpaired) electrons. The first-order valence-corrected chi connectivity index (χ1v) is 3.60. The van der Waals surface area contributed by atoms with Gasteiger partial charge in [-0.1, -0.05) is 6.07 Å². The molecule has 0 unspecified atom stereocenters. The molecule has 1 aromatic rings. The number of carboxylic acid groups (broad SMARTS) is 1. The fourth-order valence-corrected chi connectivity index (χ4v) is 1.04. The zero-order chi connectivity index (χ0) is 11.6. The molecule has 0 aliphatic carbocycles. The van der Waals surface area contributed by atoms with E-state index in [9.17, 15) is 25.0 Å². The standard InChI is InChI=1S/C7H4N2O6.Na.H/c10-7(11)4-2-1-3-5(8(12)13)6(4)9(14)15;;/h1-3H,(H,10,11);;/q;+1;-1. The molecule has 0 fully saturated rings. The number of benzene rings is 1. The summed E-state index contributed by atoms with van der Waals surface area (Å²) in [6, 6.07) is 2.90. The second-order valence-electron chi connectivity index (χ2n) is 2.49. The van der Waals surface area contributed by atoms with Crippen LogP contribution in [0.3, 0.4) is 0 Å². The summed E-state index contributed by atoms with van der Waals surface area (Å²) in [7, 11) is 0. The van der Waals surface area contributed by atoms with E-state index in [1.807, 2.05) is 0 Å². The summed E-state index contributed by atoms with van der Waals surface area (Å²) in [6.45, 7) is 0. The molecule has 0 saturated carbocycles. The molecule has 0 bridgehead atoms. The van der Waals surface area contributed by atoms with E-state index in [2.05, 4.69) is 0 Å². The van der Waals surface area contributed by atoms with Crippen LogP contribution >= 0.6 is 0 Å². The van der Waals surface area contributed by atoms with E-state index < -0.39 is 32.8 Å². The molecular formula is C7H5N2NaO6. The number of carbonyl (C=O) groups is 1. The van der Waals surface area contributed by atoms with Gasteiger partial charge < -0.3 is 6.53 Å². The number of hydrogen-bond acceptors (Lipinski definition) is 5. The van der Waals surface area contributed by atoms with Gasteiger partial charge in [0.25, 0.3) is 0 Å². The van der Waals surface area contributed by atoms with Crippen LogP contribution in [0.1, 0.15) is 11.8 Å². The van der Waals surface area contributed by atoms with Gasteiger partial charge in [-0.25, -0.2) is 4.79 Å². The average Bonchev–Trinajstić information content (AvgIpc) is 2.16. The molecule has 16 heavy (non-hydrogen) atoms. The maximum absolute atomic E-state index is 10.6. The van der Waals surface area contributed by atoms with Gasteiger partial charge in [-0.15, -0.1) is 0 Å². The molecule has 1 aromatic carbocycles. The minimum atomic E-state index is -1.58. The van der Waals surface area contributed by atoms with Crippen LogP contribution < -0.4 is 29.6 Å². The molecule has 0 saturated heterocycles. The van der Waals surface area contributed by atoms with Crippen LogP contribution in [0, 0.1) is 20.2 Å². The number of rotatable bonds is 3. The Morgan fingerprint density at radius 1 is 1.25 bits per heavy atom. The molecule has 9 heteroatoms. The smallest absolute Gasteiger partial charge is 1.00 e. The molecule has 0 amide bonds. The first kappa shape index (κ1) is 14.5. The monoisotopic (exact) mass is 236 g/mol. The van der Waals surface area contributed by atoms with Gasteiger partial charge in [0.1, 0.15) is 5.56 Å². The maximum Gasteiger partial charge on any atom is 1.00 e. The molecule has 0 aromatic heterocycles. The van der Waals surface area contributed by atoms with E-state index >= 15 is 0 Å². The quantitative estimate of drug-likeness (QED) is 0.379. The van der Waals surface area contributed by atoms with Gasteiger partial charge >= 0.3 is 46.9 Å². The average molecular weight is 236 g/mol. The minimum Gasteiger partial charge on any atom is -1.00 e. The molecule has 0 heterocycles. The number of nitro groups is 2. The number of carboxylic acids is 1.